The van der Waals surface area contributed by atoms with Crippen LogP contribution in [-0.4, -0.2) is 29.2 Å². The van der Waals surface area contributed by atoms with Crippen molar-refractivity contribution in [3.63, 3.8) is 0 Å². The summed E-state index contributed by atoms with van der Waals surface area (Å²) >= 11 is 0. The number of carboxylic acid groups (broad SMARTS) is 1. The van der Waals surface area contributed by atoms with Gasteiger partial charge >= 0.3 is 12.0 Å². The lowest BCUT2D eigenvalue weighted by Crippen LogP contribution is -2.57. The fraction of sp³-hybridized carbons (Fsp3) is 0.857. The molecule has 2 saturated carbocycles. The molecule has 0 heterocycles. The predicted molar refractivity (Wildman–Crippen MR) is 71.9 cm³/mol. The van der Waals surface area contributed by atoms with Crippen LogP contribution in [0.2, 0.25) is 0 Å². The standard InChI is InChI=1S/C14H24N2O3/c1-13(5-2-3-6-13)10-15-12(19)16-14(7-4-8-14)9-11(17)18/h2-10H2,1H3,(H,17,18)(H2,15,16,19). The van der Waals surface area contributed by atoms with Gasteiger partial charge in [0.15, 0.2) is 0 Å². The molecule has 0 bridgehead atoms. The van der Waals surface area contributed by atoms with Gasteiger partial charge in [-0.1, -0.05) is 19.8 Å². The minimum Gasteiger partial charge on any atom is -0.481 e. The summed E-state index contributed by atoms with van der Waals surface area (Å²) in [6.45, 7) is 2.89. The van der Waals surface area contributed by atoms with Gasteiger partial charge in [0.25, 0.3) is 0 Å². The molecule has 0 unspecified atom stereocenters. The minimum atomic E-state index is -0.845. The molecule has 0 aromatic rings. The first kappa shape index (κ1) is 14.2. The number of carboxylic acids is 1. The third kappa shape index (κ3) is 3.61. The van der Waals surface area contributed by atoms with Gasteiger partial charge in [-0.25, -0.2) is 4.79 Å². The summed E-state index contributed by atoms with van der Waals surface area (Å²) in [7, 11) is 0. The molecule has 0 spiro atoms. The maximum atomic E-state index is 11.9. The van der Waals surface area contributed by atoms with Gasteiger partial charge in [0, 0.05) is 6.54 Å². The number of hydrogen-bond donors (Lipinski definition) is 3. The first-order chi connectivity index (χ1) is 8.93. The Bertz CT molecular complexity index is 358. The van der Waals surface area contributed by atoms with E-state index in [2.05, 4.69) is 17.6 Å². The Kier molecular flexibility index (Phi) is 4.02. The number of hydrogen-bond acceptors (Lipinski definition) is 2. The summed E-state index contributed by atoms with van der Waals surface area (Å²) in [6.07, 6.45) is 7.35. The summed E-state index contributed by atoms with van der Waals surface area (Å²) in [5.41, 5.74) is -0.288. The molecular formula is C14H24N2O3. The highest BCUT2D eigenvalue weighted by atomic mass is 16.4. The summed E-state index contributed by atoms with van der Waals surface area (Å²) in [5.74, 6) is -0.845. The average molecular weight is 268 g/mol. The molecule has 5 heteroatoms. The van der Waals surface area contributed by atoms with Crippen molar-refractivity contribution in [1.29, 1.82) is 0 Å². The van der Waals surface area contributed by atoms with E-state index in [1.165, 1.54) is 12.8 Å². The van der Waals surface area contributed by atoms with Crippen LogP contribution in [0.3, 0.4) is 0 Å². The first-order valence-corrected chi connectivity index (χ1v) is 7.21. The molecule has 2 aliphatic carbocycles. The zero-order valence-electron chi connectivity index (χ0n) is 11.6. The van der Waals surface area contributed by atoms with Gasteiger partial charge in [0.1, 0.15) is 0 Å². The monoisotopic (exact) mass is 268 g/mol. The fourth-order valence-corrected chi connectivity index (χ4v) is 3.22. The van der Waals surface area contributed by atoms with Crippen LogP contribution in [0.1, 0.15) is 58.3 Å². The predicted octanol–water partition coefficient (Wildman–Crippen LogP) is 2.26. The highest BCUT2D eigenvalue weighted by Gasteiger charge is 2.40. The molecule has 0 aliphatic heterocycles. The van der Waals surface area contributed by atoms with E-state index in [1.807, 2.05) is 0 Å². The van der Waals surface area contributed by atoms with Crippen molar-refractivity contribution in [2.24, 2.45) is 5.41 Å². The zero-order valence-corrected chi connectivity index (χ0v) is 11.6. The van der Waals surface area contributed by atoms with Crippen molar-refractivity contribution in [2.45, 2.75) is 63.8 Å². The van der Waals surface area contributed by atoms with Crippen LogP contribution in [0.25, 0.3) is 0 Å². The number of aliphatic carboxylic acids is 1. The lowest BCUT2D eigenvalue weighted by atomic mass is 9.74. The number of nitrogens with one attached hydrogen (secondary N) is 2. The molecule has 2 aliphatic rings. The molecule has 0 atom stereocenters. The van der Waals surface area contributed by atoms with Crippen LogP contribution in [0.5, 0.6) is 0 Å². The van der Waals surface area contributed by atoms with Crippen molar-refractivity contribution in [3.8, 4) is 0 Å². The number of carbonyl (C=O) groups excluding carboxylic acids is 1. The molecule has 0 saturated heterocycles. The zero-order chi connectivity index (χ0) is 13.9. The Labute approximate surface area is 114 Å². The molecular weight excluding hydrogens is 244 g/mol. The third-order valence-electron chi connectivity index (χ3n) is 4.67. The van der Waals surface area contributed by atoms with Gasteiger partial charge in [-0.05, 0) is 37.5 Å². The van der Waals surface area contributed by atoms with Crippen molar-refractivity contribution in [3.05, 3.63) is 0 Å². The van der Waals surface area contributed by atoms with Crippen LogP contribution in [-0.2, 0) is 4.79 Å². The maximum Gasteiger partial charge on any atom is 0.315 e. The topological polar surface area (TPSA) is 78.4 Å². The lowest BCUT2D eigenvalue weighted by Gasteiger charge is -2.41. The normalized spacial score (nSPS) is 23.4. The second-order valence-corrected chi connectivity index (χ2v) is 6.53. The van der Waals surface area contributed by atoms with Gasteiger partial charge in [0.2, 0.25) is 0 Å². The molecule has 0 aromatic heterocycles. The number of amides is 2. The van der Waals surface area contributed by atoms with Gasteiger partial charge in [-0.3, -0.25) is 4.79 Å². The molecule has 0 aromatic carbocycles. The van der Waals surface area contributed by atoms with E-state index >= 15 is 0 Å². The van der Waals surface area contributed by atoms with Crippen molar-refractivity contribution >= 4 is 12.0 Å². The van der Waals surface area contributed by atoms with Gasteiger partial charge in [-0.15, -0.1) is 0 Å². The molecule has 19 heavy (non-hydrogen) atoms. The SMILES string of the molecule is CC1(CNC(=O)NC2(CC(=O)O)CCC2)CCCC1. The summed E-state index contributed by atoms with van der Waals surface area (Å²) < 4.78 is 0. The van der Waals surface area contributed by atoms with E-state index < -0.39 is 11.5 Å². The quantitative estimate of drug-likeness (QED) is 0.715. The van der Waals surface area contributed by atoms with E-state index in [9.17, 15) is 9.59 Å². The Morgan fingerprint density at radius 2 is 1.74 bits per heavy atom. The lowest BCUT2D eigenvalue weighted by molar-refractivity contribution is -0.139. The number of rotatable bonds is 5. The van der Waals surface area contributed by atoms with Gasteiger partial charge in [-0.2, -0.15) is 0 Å². The molecule has 5 nitrogen and oxygen atoms in total. The van der Waals surface area contributed by atoms with Gasteiger partial charge < -0.3 is 15.7 Å². The fourth-order valence-electron chi connectivity index (χ4n) is 3.22. The van der Waals surface area contributed by atoms with Crippen LogP contribution in [0, 0.1) is 5.41 Å². The summed E-state index contributed by atoms with van der Waals surface area (Å²) in [6, 6.07) is -0.214. The molecule has 0 radical (unpaired) electrons. The Morgan fingerprint density at radius 3 is 2.21 bits per heavy atom. The van der Waals surface area contributed by atoms with Crippen molar-refractivity contribution in [2.75, 3.05) is 6.54 Å². The number of urea groups is 1. The highest BCUT2D eigenvalue weighted by Crippen LogP contribution is 2.37. The van der Waals surface area contributed by atoms with E-state index in [0.29, 0.717) is 6.54 Å². The Hall–Kier alpha value is -1.26. The molecule has 108 valence electrons. The second-order valence-electron chi connectivity index (χ2n) is 6.53. The summed E-state index contributed by atoms with van der Waals surface area (Å²) in [4.78, 5) is 22.8. The van der Waals surface area contributed by atoms with Gasteiger partial charge in [0.05, 0.1) is 12.0 Å². The van der Waals surface area contributed by atoms with Crippen LogP contribution in [0.4, 0.5) is 4.79 Å². The molecule has 3 N–H and O–H groups in total. The smallest absolute Gasteiger partial charge is 0.315 e. The van der Waals surface area contributed by atoms with Crippen LogP contribution in [0.15, 0.2) is 0 Å². The maximum absolute atomic E-state index is 11.9. The third-order valence-corrected chi connectivity index (χ3v) is 4.67. The van der Waals surface area contributed by atoms with Crippen molar-refractivity contribution < 1.29 is 14.7 Å². The van der Waals surface area contributed by atoms with E-state index in [1.54, 1.807) is 0 Å². The minimum absolute atomic E-state index is 0.0255. The molecule has 2 amide bonds. The van der Waals surface area contributed by atoms with Crippen LogP contribution >= 0.6 is 0 Å². The average Bonchev–Trinajstić information content (AvgIpc) is 2.71. The largest absolute Gasteiger partial charge is 0.481 e. The van der Waals surface area contributed by atoms with Crippen LogP contribution < -0.4 is 10.6 Å². The Balaban J connectivity index is 1.78. The molecule has 2 fully saturated rings. The Morgan fingerprint density at radius 1 is 1.11 bits per heavy atom. The highest BCUT2D eigenvalue weighted by molar-refractivity contribution is 5.77. The first-order valence-electron chi connectivity index (χ1n) is 7.21. The molecule has 2 rings (SSSR count). The second kappa shape index (κ2) is 5.39. The van der Waals surface area contributed by atoms with E-state index in [-0.39, 0.29) is 17.9 Å². The number of carbonyl (C=O) groups is 2. The summed E-state index contributed by atoms with van der Waals surface area (Å²) in [5, 5.41) is 14.7. The van der Waals surface area contributed by atoms with E-state index in [4.69, 9.17) is 5.11 Å². The van der Waals surface area contributed by atoms with Crippen molar-refractivity contribution in [1.82, 2.24) is 10.6 Å². The van der Waals surface area contributed by atoms with E-state index in [0.717, 1.165) is 32.1 Å².